The highest BCUT2D eigenvalue weighted by molar-refractivity contribution is 5.92. The van der Waals surface area contributed by atoms with Gasteiger partial charge in [-0.3, -0.25) is 0 Å². The highest BCUT2D eigenvalue weighted by Gasteiger charge is 2.37. The van der Waals surface area contributed by atoms with Gasteiger partial charge in [0.25, 0.3) is 0 Å². The van der Waals surface area contributed by atoms with Crippen molar-refractivity contribution in [2.75, 3.05) is 13.2 Å². The lowest BCUT2D eigenvalue weighted by Gasteiger charge is -2.15. The predicted molar refractivity (Wildman–Crippen MR) is 50.0 cm³/mol. The SMILES string of the molecule is O=C1OCCC2=C1C(c1ccco1)OC2. The van der Waals surface area contributed by atoms with Crippen LogP contribution < -0.4 is 0 Å². The Balaban J connectivity index is 2.00. The number of hydrogen-bond donors (Lipinski definition) is 0. The van der Waals surface area contributed by atoms with Crippen LogP contribution in [0.2, 0.25) is 0 Å². The van der Waals surface area contributed by atoms with Crippen LogP contribution in [-0.4, -0.2) is 19.2 Å². The molecule has 1 unspecified atom stereocenters. The molecular weight excluding hydrogens is 196 g/mol. The molecule has 78 valence electrons. The molecule has 1 atom stereocenters. The third-order valence-corrected chi connectivity index (χ3v) is 2.73. The highest BCUT2D eigenvalue weighted by Crippen LogP contribution is 2.38. The molecule has 0 aromatic carbocycles. The lowest BCUT2D eigenvalue weighted by Crippen LogP contribution is -2.18. The molecule has 0 saturated heterocycles. The summed E-state index contributed by atoms with van der Waals surface area (Å²) in [4.78, 5) is 11.6. The minimum absolute atomic E-state index is 0.268. The number of carbonyl (C=O) groups is 1. The lowest BCUT2D eigenvalue weighted by atomic mass is 10.0. The van der Waals surface area contributed by atoms with Gasteiger partial charge in [0.15, 0.2) is 0 Å². The Morgan fingerprint density at radius 2 is 2.33 bits per heavy atom. The molecule has 0 N–H and O–H groups in total. The number of rotatable bonds is 1. The van der Waals surface area contributed by atoms with Crippen LogP contribution in [0.5, 0.6) is 0 Å². The number of furan rings is 1. The van der Waals surface area contributed by atoms with Gasteiger partial charge in [0.05, 0.1) is 25.1 Å². The minimum Gasteiger partial charge on any atom is -0.466 e. The van der Waals surface area contributed by atoms with Crippen molar-refractivity contribution in [2.45, 2.75) is 12.5 Å². The molecule has 0 aliphatic carbocycles. The maximum Gasteiger partial charge on any atom is 0.337 e. The zero-order valence-electron chi connectivity index (χ0n) is 8.06. The summed E-state index contributed by atoms with van der Waals surface area (Å²) in [6.07, 6.45) is 1.98. The Morgan fingerprint density at radius 1 is 1.40 bits per heavy atom. The molecule has 0 amide bonds. The first-order chi connectivity index (χ1) is 7.36. The van der Waals surface area contributed by atoms with Crippen molar-refractivity contribution in [1.29, 1.82) is 0 Å². The van der Waals surface area contributed by atoms with Crippen molar-refractivity contribution in [3.05, 3.63) is 35.3 Å². The second-order valence-electron chi connectivity index (χ2n) is 3.61. The maximum absolute atomic E-state index is 11.6. The van der Waals surface area contributed by atoms with Gasteiger partial charge in [-0.05, 0) is 17.7 Å². The number of esters is 1. The van der Waals surface area contributed by atoms with Crippen LogP contribution in [0.3, 0.4) is 0 Å². The average Bonchev–Trinajstić information content (AvgIpc) is 2.85. The maximum atomic E-state index is 11.6. The molecule has 3 rings (SSSR count). The van der Waals surface area contributed by atoms with E-state index in [0.717, 1.165) is 12.0 Å². The summed E-state index contributed by atoms with van der Waals surface area (Å²) in [5, 5.41) is 0. The average molecular weight is 206 g/mol. The normalized spacial score (nSPS) is 25.3. The Kier molecular flexibility index (Phi) is 1.89. The summed E-state index contributed by atoms with van der Waals surface area (Å²) < 4.78 is 15.8. The molecule has 2 aliphatic rings. The Morgan fingerprint density at radius 3 is 3.13 bits per heavy atom. The monoisotopic (exact) mass is 206 g/mol. The third kappa shape index (κ3) is 1.29. The molecule has 1 aromatic rings. The Hall–Kier alpha value is -1.55. The van der Waals surface area contributed by atoms with Crippen LogP contribution in [0.25, 0.3) is 0 Å². The summed E-state index contributed by atoms with van der Waals surface area (Å²) in [6.45, 7) is 0.974. The zero-order valence-corrected chi connectivity index (χ0v) is 8.06. The predicted octanol–water partition coefficient (Wildman–Crippen LogP) is 1.59. The van der Waals surface area contributed by atoms with Crippen molar-refractivity contribution >= 4 is 5.97 Å². The molecule has 1 aromatic heterocycles. The van der Waals surface area contributed by atoms with E-state index in [1.165, 1.54) is 0 Å². The van der Waals surface area contributed by atoms with E-state index in [4.69, 9.17) is 13.9 Å². The van der Waals surface area contributed by atoms with Gasteiger partial charge in [-0.1, -0.05) is 0 Å². The Bertz CT molecular complexity index is 416. The van der Waals surface area contributed by atoms with E-state index in [1.807, 2.05) is 6.07 Å². The Labute approximate surface area is 86.5 Å². The van der Waals surface area contributed by atoms with Crippen LogP contribution in [0.1, 0.15) is 18.3 Å². The first kappa shape index (κ1) is 8.73. The number of ether oxygens (including phenoxy) is 2. The molecule has 0 fully saturated rings. The van der Waals surface area contributed by atoms with Crippen molar-refractivity contribution in [3.8, 4) is 0 Å². The van der Waals surface area contributed by atoms with E-state index in [2.05, 4.69) is 0 Å². The van der Waals surface area contributed by atoms with Gasteiger partial charge in [0.1, 0.15) is 11.9 Å². The van der Waals surface area contributed by atoms with Crippen molar-refractivity contribution in [1.82, 2.24) is 0 Å². The second kappa shape index (κ2) is 3.24. The summed E-state index contributed by atoms with van der Waals surface area (Å²) in [5.41, 5.74) is 1.68. The van der Waals surface area contributed by atoms with Gasteiger partial charge in [-0.15, -0.1) is 0 Å². The molecule has 2 aliphatic heterocycles. The molecule has 0 bridgehead atoms. The van der Waals surface area contributed by atoms with E-state index in [-0.39, 0.29) is 12.1 Å². The van der Waals surface area contributed by atoms with E-state index in [0.29, 0.717) is 24.5 Å². The number of hydrogen-bond acceptors (Lipinski definition) is 4. The molecule has 4 nitrogen and oxygen atoms in total. The number of carbonyl (C=O) groups excluding carboxylic acids is 1. The van der Waals surface area contributed by atoms with Gasteiger partial charge < -0.3 is 13.9 Å². The fraction of sp³-hybridized carbons (Fsp3) is 0.364. The van der Waals surface area contributed by atoms with Crippen LogP contribution in [0, 0.1) is 0 Å². The van der Waals surface area contributed by atoms with Gasteiger partial charge >= 0.3 is 5.97 Å². The molecule has 4 heteroatoms. The van der Waals surface area contributed by atoms with Crippen LogP contribution in [0.4, 0.5) is 0 Å². The van der Waals surface area contributed by atoms with Crippen LogP contribution in [0.15, 0.2) is 34.0 Å². The fourth-order valence-corrected chi connectivity index (χ4v) is 2.00. The van der Waals surface area contributed by atoms with E-state index >= 15 is 0 Å². The van der Waals surface area contributed by atoms with Crippen molar-refractivity contribution < 1.29 is 18.7 Å². The molecule has 0 saturated carbocycles. The lowest BCUT2D eigenvalue weighted by molar-refractivity contribution is -0.140. The molecular formula is C11H10O4. The van der Waals surface area contributed by atoms with E-state index in [9.17, 15) is 4.79 Å². The highest BCUT2D eigenvalue weighted by atomic mass is 16.5. The summed E-state index contributed by atoms with van der Waals surface area (Å²) in [7, 11) is 0. The first-order valence-corrected chi connectivity index (χ1v) is 4.90. The van der Waals surface area contributed by atoms with Gasteiger partial charge in [0.2, 0.25) is 0 Å². The zero-order chi connectivity index (χ0) is 10.3. The number of cyclic esters (lactones) is 1. The van der Waals surface area contributed by atoms with Crippen LogP contribution in [-0.2, 0) is 14.3 Å². The van der Waals surface area contributed by atoms with Crippen LogP contribution >= 0.6 is 0 Å². The summed E-state index contributed by atoms with van der Waals surface area (Å²) in [5.74, 6) is 0.397. The van der Waals surface area contributed by atoms with E-state index in [1.54, 1.807) is 12.3 Å². The van der Waals surface area contributed by atoms with E-state index < -0.39 is 0 Å². The van der Waals surface area contributed by atoms with Crippen molar-refractivity contribution in [2.24, 2.45) is 0 Å². The minimum atomic E-state index is -0.372. The third-order valence-electron chi connectivity index (χ3n) is 2.73. The standard InChI is InChI=1S/C11H10O4/c12-11-9-7(3-5-14-11)6-15-10(9)8-2-1-4-13-8/h1-2,4,10H,3,5-6H2. The summed E-state index contributed by atoms with van der Waals surface area (Å²) >= 11 is 0. The molecule has 15 heavy (non-hydrogen) atoms. The molecule has 0 radical (unpaired) electrons. The molecule has 3 heterocycles. The van der Waals surface area contributed by atoms with Gasteiger partial charge in [0, 0.05) is 6.42 Å². The quantitative estimate of drug-likeness (QED) is 0.655. The molecule has 0 spiro atoms. The largest absolute Gasteiger partial charge is 0.466 e. The summed E-state index contributed by atoms with van der Waals surface area (Å²) in [6, 6.07) is 3.59. The topological polar surface area (TPSA) is 48.7 Å². The van der Waals surface area contributed by atoms with Crippen molar-refractivity contribution in [3.63, 3.8) is 0 Å². The second-order valence-corrected chi connectivity index (χ2v) is 3.61. The first-order valence-electron chi connectivity index (χ1n) is 4.90. The van der Waals surface area contributed by atoms with Gasteiger partial charge in [-0.25, -0.2) is 4.79 Å². The fourth-order valence-electron chi connectivity index (χ4n) is 2.00. The smallest absolute Gasteiger partial charge is 0.337 e. The van der Waals surface area contributed by atoms with Gasteiger partial charge in [-0.2, -0.15) is 0 Å².